The molecule has 3 N–H and O–H groups in total. The molecule has 3 heterocycles. The summed E-state index contributed by atoms with van der Waals surface area (Å²) in [6.07, 6.45) is 3.61. The van der Waals surface area contributed by atoms with Crippen molar-refractivity contribution in [1.29, 1.82) is 0 Å². The third-order valence-corrected chi connectivity index (χ3v) is 4.08. The molecule has 3 aromatic heterocycles. The number of hydrogen-bond acceptors (Lipinski definition) is 4. The summed E-state index contributed by atoms with van der Waals surface area (Å²) in [7, 11) is 0. The number of aromatic amines is 1. The second-order valence-corrected chi connectivity index (χ2v) is 5.45. The van der Waals surface area contributed by atoms with Gasteiger partial charge in [-0.05, 0) is 22.9 Å². The largest absolute Gasteiger partial charge is 0.383 e. The van der Waals surface area contributed by atoms with Crippen LogP contribution in [-0.4, -0.2) is 15.2 Å². The van der Waals surface area contributed by atoms with Crippen LogP contribution in [-0.2, 0) is 0 Å². The highest BCUT2D eigenvalue weighted by atomic mass is 32.1. The minimum absolute atomic E-state index is 0.442. The van der Waals surface area contributed by atoms with Gasteiger partial charge in [-0.3, -0.25) is 5.10 Å². The van der Waals surface area contributed by atoms with Crippen LogP contribution in [0.15, 0.2) is 23.8 Å². The normalized spacial score (nSPS) is 11.5. The minimum atomic E-state index is 0.442. The van der Waals surface area contributed by atoms with Crippen molar-refractivity contribution in [2.45, 2.75) is 19.8 Å². The number of nitrogens with zero attached hydrogens (tertiary/aromatic N) is 2. The fourth-order valence-electron chi connectivity index (χ4n) is 2.11. The van der Waals surface area contributed by atoms with Crippen molar-refractivity contribution >= 4 is 27.2 Å². The van der Waals surface area contributed by atoms with Crippen molar-refractivity contribution in [2.24, 2.45) is 0 Å². The summed E-state index contributed by atoms with van der Waals surface area (Å²) in [5.41, 5.74) is 9.24. The highest BCUT2D eigenvalue weighted by Crippen LogP contribution is 2.39. The summed E-state index contributed by atoms with van der Waals surface area (Å²) < 4.78 is 1.17. The van der Waals surface area contributed by atoms with Gasteiger partial charge in [0.15, 0.2) is 0 Å². The van der Waals surface area contributed by atoms with Crippen LogP contribution in [0.25, 0.3) is 21.3 Å². The number of nitrogens with two attached hydrogens (primary N) is 1. The van der Waals surface area contributed by atoms with E-state index < -0.39 is 0 Å². The fourth-order valence-corrected chi connectivity index (χ4v) is 3.37. The van der Waals surface area contributed by atoms with Crippen molar-refractivity contribution < 1.29 is 0 Å². The molecule has 0 saturated carbocycles. The molecule has 0 aliphatic carbocycles. The molecular weight excluding hydrogens is 244 g/mol. The van der Waals surface area contributed by atoms with Crippen LogP contribution in [0.3, 0.4) is 0 Å². The third kappa shape index (κ3) is 1.59. The Balaban J connectivity index is 2.34. The third-order valence-electron chi connectivity index (χ3n) is 3.05. The van der Waals surface area contributed by atoms with E-state index in [4.69, 9.17) is 5.73 Å². The number of pyridine rings is 1. The Morgan fingerprint density at radius 2 is 2.22 bits per heavy atom. The van der Waals surface area contributed by atoms with Gasteiger partial charge in [0.1, 0.15) is 5.82 Å². The molecule has 18 heavy (non-hydrogen) atoms. The Labute approximate surface area is 109 Å². The SMILES string of the molecule is CC(C)c1csc2c(-c3cc[nH]n3)cnc(N)c12. The first-order valence-corrected chi connectivity index (χ1v) is 6.72. The van der Waals surface area contributed by atoms with Crippen LogP contribution >= 0.6 is 11.3 Å². The number of aromatic nitrogens is 3. The van der Waals surface area contributed by atoms with Crippen LogP contribution in [0.1, 0.15) is 25.3 Å². The maximum Gasteiger partial charge on any atom is 0.132 e. The van der Waals surface area contributed by atoms with Gasteiger partial charge < -0.3 is 5.73 Å². The molecule has 3 rings (SSSR count). The number of thiophene rings is 1. The van der Waals surface area contributed by atoms with Gasteiger partial charge in [0, 0.05) is 28.0 Å². The maximum atomic E-state index is 6.03. The highest BCUT2D eigenvalue weighted by molar-refractivity contribution is 7.18. The summed E-state index contributed by atoms with van der Waals surface area (Å²) in [4.78, 5) is 4.31. The molecule has 0 aliphatic heterocycles. The first-order valence-electron chi connectivity index (χ1n) is 5.84. The van der Waals surface area contributed by atoms with Crippen LogP contribution in [0.5, 0.6) is 0 Å². The van der Waals surface area contributed by atoms with Crippen LogP contribution < -0.4 is 5.73 Å². The predicted octanol–water partition coefficient (Wildman–Crippen LogP) is 3.39. The molecule has 0 bridgehead atoms. The molecule has 0 saturated heterocycles. The Kier molecular flexibility index (Phi) is 2.56. The van der Waals surface area contributed by atoms with Crippen LogP contribution in [0, 0.1) is 0 Å². The van der Waals surface area contributed by atoms with Gasteiger partial charge in [0.05, 0.1) is 5.69 Å². The van der Waals surface area contributed by atoms with Crippen LogP contribution in [0.2, 0.25) is 0 Å². The van der Waals surface area contributed by atoms with Gasteiger partial charge in [0.25, 0.3) is 0 Å². The van der Waals surface area contributed by atoms with E-state index in [1.165, 1.54) is 10.3 Å². The molecule has 4 nitrogen and oxygen atoms in total. The number of fused-ring (bicyclic) bond motifs is 1. The first-order chi connectivity index (χ1) is 8.68. The average Bonchev–Trinajstić information content (AvgIpc) is 2.98. The number of nitrogen functional groups attached to an aromatic ring is 1. The zero-order valence-corrected chi connectivity index (χ0v) is 11.1. The second kappa shape index (κ2) is 4.10. The second-order valence-electron chi connectivity index (χ2n) is 4.57. The number of anilines is 1. The maximum absolute atomic E-state index is 6.03. The number of hydrogen-bond donors (Lipinski definition) is 2. The molecule has 5 heteroatoms. The topological polar surface area (TPSA) is 67.6 Å². The molecule has 0 fully saturated rings. The highest BCUT2D eigenvalue weighted by Gasteiger charge is 2.16. The minimum Gasteiger partial charge on any atom is -0.383 e. The molecule has 3 aromatic rings. The number of nitrogens with one attached hydrogen (secondary N) is 1. The van der Waals surface area contributed by atoms with Gasteiger partial charge in [-0.15, -0.1) is 11.3 Å². The molecule has 0 atom stereocenters. The molecule has 0 aromatic carbocycles. The van der Waals surface area contributed by atoms with E-state index in [0.717, 1.165) is 16.6 Å². The van der Waals surface area contributed by atoms with Crippen molar-refractivity contribution in [1.82, 2.24) is 15.2 Å². The van der Waals surface area contributed by atoms with E-state index in [1.54, 1.807) is 17.5 Å². The lowest BCUT2D eigenvalue weighted by molar-refractivity contribution is 0.880. The zero-order valence-electron chi connectivity index (χ0n) is 10.3. The van der Waals surface area contributed by atoms with Crippen molar-refractivity contribution in [3.63, 3.8) is 0 Å². The summed E-state index contributed by atoms with van der Waals surface area (Å²) >= 11 is 1.71. The molecule has 92 valence electrons. The molecule has 0 radical (unpaired) electrons. The van der Waals surface area contributed by atoms with Crippen molar-refractivity contribution in [2.75, 3.05) is 5.73 Å². The smallest absolute Gasteiger partial charge is 0.132 e. The van der Waals surface area contributed by atoms with Crippen molar-refractivity contribution in [3.8, 4) is 11.3 Å². The summed E-state index contributed by atoms with van der Waals surface area (Å²) in [6.45, 7) is 4.34. The average molecular weight is 258 g/mol. The van der Waals surface area contributed by atoms with E-state index >= 15 is 0 Å². The van der Waals surface area contributed by atoms with E-state index in [0.29, 0.717) is 11.7 Å². The van der Waals surface area contributed by atoms with Crippen LogP contribution in [0.4, 0.5) is 5.82 Å². The van der Waals surface area contributed by atoms with Gasteiger partial charge in [-0.25, -0.2) is 4.98 Å². The van der Waals surface area contributed by atoms with E-state index in [-0.39, 0.29) is 0 Å². The van der Waals surface area contributed by atoms with Crippen molar-refractivity contribution in [3.05, 3.63) is 29.4 Å². The van der Waals surface area contributed by atoms with E-state index in [9.17, 15) is 0 Å². The molecule has 0 amide bonds. The molecule has 0 unspecified atom stereocenters. The number of rotatable bonds is 2. The van der Waals surface area contributed by atoms with Gasteiger partial charge in [-0.1, -0.05) is 13.8 Å². The quantitative estimate of drug-likeness (QED) is 0.740. The Morgan fingerprint density at radius 3 is 2.89 bits per heavy atom. The Bertz CT molecular complexity index is 682. The molecular formula is C13H14N4S. The summed E-state index contributed by atoms with van der Waals surface area (Å²) in [5.74, 6) is 1.05. The lowest BCUT2D eigenvalue weighted by Crippen LogP contribution is -1.95. The Morgan fingerprint density at radius 1 is 1.39 bits per heavy atom. The molecule has 0 aliphatic rings. The van der Waals surface area contributed by atoms with E-state index in [1.807, 2.05) is 12.3 Å². The van der Waals surface area contributed by atoms with Gasteiger partial charge in [0.2, 0.25) is 0 Å². The summed E-state index contributed by atoms with van der Waals surface area (Å²) in [5, 5.41) is 10.3. The monoisotopic (exact) mass is 258 g/mol. The zero-order chi connectivity index (χ0) is 12.7. The Hall–Kier alpha value is -1.88. The van der Waals surface area contributed by atoms with E-state index in [2.05, 4.69) is 34.4 Å². The molecule has 0 spiro atoms. The lowest BCUT2D eigenvalue weighted by atomic mass is 10.0. The standard InChI is InChI=1S/C13H14N4S/c1-7(2)9-6-18-12-8(10-3-4-16-17-10)5-15-13(14)11(9)12/h3-7H,1-2H3,(H2,14,15)(H,16,17). The first kappa shape index (κ1) is 11.2. The fraction of sp³-hybridized carbons (Fsp3) is 0.231. The predicted molar refractivity (Wildman–Crippen MR) is 75.7 cm³/mol. The summed E-state index contributed by atoms with van der Waals surface area (Å²) in [6, 6.07) is 1.95. The van der Waals surface area contributed by atoms with Gasteiger partial charge >= 0.3 is 0 Å². The lowest BCUT2D eigenvalue weighted by Gasteiger charge is -2.06. The van der Waals surface area contributed by atoms with Gasteiger partial charge in [-0.2, -0.15) is 5.10 Å². The number of H-pyrrole nitrogens is 1.